The van der Waals surface area contributed by atoms with E-state index in [0.29, 0.717) is 35.7 Å². The molecule has 2 aliphatic rings. The lowest BCUT2D eigenvalue weighted by Crippen LogP contribution is -2.38. The molecule has 0 saturated carbocycles. The highest BCUT2D eigenvalue weighted by atomic mass is 35.5. The molecule has 7 heteroatoms. The van der Waals surface area contributed by atoms with Crippen LogP contribution in [0.5, 0.6) is 11.5 Å². The summed E-state index contributed by atoms with van der Waals surface area (Å²) in [5.74, 6) is 1.86. The minimum absolute atomic E-state index is 0.0987. The SMILES string of the molecule is O=C(Cc1cc2c(cc1Cl)OCCO2)N1CCC(c2ccn[nH]2)CC1. The Kier molecular flexibility index (Phi) is 4.53. The first-order chi connectivity index (χ1) is 12.2. The molecular weight excluding hydrogens is 342 g/mol. The number of carbonyl (C=O) groups is 1. The molecule has 1 saturated heterocycles. The van der Waals surface area contributed by atoms with Crippen molar-refractivity contribution >= 4 is 17.5 Å². The first-order valence-corrected chi connectivity index (χ1v) is 8.93. The van der Waals surface area contributed by atoms with Crippen molar-refractivity contribution in [3.63, 3.8) is 0 Å². The van der Waals surface area contributed by atoms with Crippen LogP contribution in [0.15, 0.2) is 24.4 Å². The molecule has 4 rings (SSSR count). The van der Waals surface area contributed by atoms with Gasteiger partial charge < -0.3 is 14.4 Å². The van der Waals surface area contributed by atoms with Gasteiger partial charge in [0, 0.05) is 42.0 Å². The number of aromatic nitrogens is 2. The van der Waals surface area contributed by atoms with E-state index in [1.165, 1.54) is 0 Å². The summed E-state index contributed by atoms with van der Waals surface area (Å²) in [7, 11) is 0. The number of benzene rings is 1. The number of halogens is 1. The number of aromatic amines is 1. The Morgan fingerprint density at radius 2 is 1.96 bits per heavy atom. The highest BCUT2D eigenvalue weighted by Crippen LogP contribution is 2.36. The van der Waals surface area contributed by atoms with Gasteiger partial charge >= 0.3 is 0 Å². The molecular formula is C18H20ClN3O3. The summed E-state index contributed by atoms with van der Waals surface area (Å²) in [5, 5.41) is 7.59. The first-order valence-electron chi connectivity index (χ1n) is 8.56. The van der Waals surface area contributed by atoms with E-state index >= 15 is 0 Å². The van der Waals surface area contributed by atoms with Crippen molar-refractivity contribution in [1.82, 2.24) is 15.1 Å². The summed E-state index contributed by atoms with van der Waals surface area (Å²) in [4.78, 5) is 14.6. The minimum Gasteiger partial charge on any atom is -0.486 e. The zero-order chi connectivity index (χ0) is 17.2. The van der Waals surface area contributed by atoms with E-state index in [9.17, 15) is 4.79 Å². The number of hydrogen-bond donors (Lipinski definition) is 1. The smallest absolute Gasteiger partial charge is 0.227 e. The zero-order valence-electron chi connectivity index (χ0n) is 13.8. The van der Waals surface area contributed by atoms with Gasteiger partial charge in [0.2, 0.25) is 5.91 Å². The fraction of sp³-hybridized carbons (Fsp3) is 0.444. The summed E-state index contributed by atoms with van der Waals surface area (Å²) >= 11 is 6.32. The van der Waals surface area contributed by atoms with E-state index in [4.69, 9.17) is 21.1 Å². The number of piperidine rings is 1. The Bertz CT molecular complexity index is 755. The Morgan fingerprint density at radius 1 is 1.24 bits per heavy atom. The number of nitrogens with one attached hydrogen (secondary N) is 1. The second kappa shape index (κ2) is 6.96. The molecule has 1 aromatic carbocycles. The number of nitrogens with zero attached hydrogens (tertiary/aromatic N) is 2. The molecule has 2 aliphatic heterocycles. The number of likely N-dealkylation sites (tertiary alicyclic amines) is 1. The summed E-state index contributed by atoms with van der Waals surface area (Å²) in [6, 6.07) is 5.58. The van der Waals surface area contributed by atoms with Gasteiger partial charge in [0.05, 0.1) is 6.42 Å². The third kappa shape index (κ3) is 3.44. The van der Waals surface area contributed by atoms with E-state index < -0.39 is 0 Å². The van der Waals surface area contributed by atoms with E-state index in [-0.39, 0.29) is 12.3 Å². The van der Waals surface area contributed by atoms with Crippen LogP contribution in [0, 0.1) is 0 Å². The number of rotatable bonds is 3. The average molecular weight is 362 g/mol. The van der Waals surface area contributed by atoms with Gasteiger partial charge in [0.25, 0.3) is 0 Å². The van der Waals surface area contributed by atoms with Gasteiger partial charge in [-0.2, -0.15) is 5.10 Å². The van der Waals surface area contributed by atoms with Crippen molar-refractivity contribution < 1.29 is 14.3 Å². The van der Waals surface area contributed by atoms with Crippen LogP contribution < -0.4 is 9.47 Å². The fourth-order valence-electron chi connectivity index (χ4n) is 3.45. The fourth-order valence-corrected chi connectivity index (χ4v) is 3.67. The Morgan fingerprint density at radius 3 is 2.64 bits per heavy atom. The highest BCUT2D eigenvalue weighted by molar-refractivity contribution is 6.31. The average Bonchev–Trinajstić information content (AvgIpc) is 3.17. The van der Waals surface area contributed by atoms with Gasteiger partial charge in [-0.25, -0.2) is 0 Å². The third-order valence-electron chi connectivity index (χ3n) is 4.86. The van der Waals surface area contributed by atoms with Gasteiger partial charge in [-0.3, -0.25) is 9.89 Å². The Hall–Kier alpha value is -2.21. The predicted octanol–water partition coefficient (Wildman–Crippen LogP) is 2.78. The van der Waals surface area contributed by atoms with Gasteiger partial charge in [-0.15, -0.1) is 0 Å². The van der Waals surface area contributed by atoms with E-state index in [1.807, 2.05) is 17.0 Å². The zero-order valence-corrected chi connectivity index (χ0v) is 14.6. The Balaban J connectivity index is 1.39. The normalized spacial score (nSPS) is 17.6. The highest BCUT2D eigenvalue weighted by Gasteiger charge is 2.25. The number of hydrogen-bond acceptors (Lipinski definition) is 4. The van der Waals surface area contributed by atoms with Crippen molar-refractivity contribution in [2.45, 2.75) is 25.2 Å². The standard InChI is InChI=1S/C18H20ClN3O3/c19-14-11-17-16(24-7-8-25-17)9-13(14)10-18(23)22-5-2-12(3-6-22)15-1-4-20-21-15/h1,4,9,11-12H,2-3,5-8,10H2,(H,20,21). The van der Waals surface area contributed by atoms with Crippen LogP contribution in [0.25, 0.3) is 0 Å². The van der Waals surface area contributed by atoms with Crippen LogP contribution in [-0.4, -0.2) is 47.3 Å². The van der Waals surface area contributed by atoms with E-state index in [0.717, 1.165) is 37.2 Å². The maximum Gasteiger partial charge on any atom is 0.227 e. The second-order valence-corrected chi connectivity index (χ2v) is 6.84. The second-order valence-electron chi connectivity index (χ2n) is 6.43. The number of carbonyl (C=O) groups excluding carboxylic acids is 1. The summed E-state index contributed by atoms with van der Waals surface area (Å²) in [6.45, 7) is 2.55. The lowest BCUT2D eigenvalue weighted by molar-refractivity contribution is -0.131. The maximum absolute atomic E-state index is 12.7. The molecule has 2 aromatic rings. The molecule has 0 bridgehead atoms. The third-order valence-corrected chi connectivity index (χ3v) is 5.21. The van der Waals surface area contributed by atoms with Gasteiger partial charge in [0.1, 0.15) is 13.2 Å². The molecule has 0 unspecified atom stereocenters. The summed E-state index contributed by atoms with van der Waals surface area (Å²) < 4.78 is 11.1. The van der Waals surface area contributed by atoms with Crippen LogP contribution in [-0.2, 0) is 11.2 Å². The predicted molar refractivity (Wildman–Crippen MR) is 93.3 cm³/mol. The maximum atomic E-state index is 12.7. The molecule has 0 atom stereocenters. The lowest BCUT2D eigenvalue weighted by Gasteiger charge is -2.31. The Labute approximate surface area is 151 Å². The quantitative estimate of drug-likeness (QED) is 0.912. The van der Waals surface area contributed by atoms with Crippen LogP contribution >= 0.6 is 11.6 Å². The summed E-state index contributed by atoms with van der Waals surface area (Å²) in [5.41, 5.74) is 1.94. The van der Waals surface area contributed by atoms with Gasteiger partial charge in [-0.05, 0) is 30.5 Å². The van der Waals surface area contributed by atoms with Crippen LogP contribution in [0.4, 0.5) is 0 Å². The van der Waals surface area contributed by atoms with Crippen molar-refractivity contribution in [2.24, 2.45) is 0 Å². The molecule has 1 aromatic heterocycles. The van der Waals surface area contributed by atoms with Crippen LogP contribution in [0.2, 0.25) is 5.02 Å². The molecule has 0 radical (unpaired) electrons. The molecule has 132 valence electrons. The number of H-pyrrole nitrogens is 1. The monoisotopic (exact) mass is 361 g/mol. The van der Waals surface area contributed by atoms with Crippen LogP contribution in [0.1, 0.15) is 30.0 Å². The van der Waals surface area contributed by atoms with Crippen LogP contribution in [0.3, 0.4) is 0 Å². The number of ether oxygens (including phenoxy) is 2. The molecule has 1 fully saturated rings. The molecule has 25 heavy (non-hydrogen) atoms. The largest absolute Gasteiger partial charge is 0.486 e. The number of fused-ring (bicyclic) bond motifs is 1. The molecule has 1 N–H and O–H groups in total. The molecule has 1 amide bonds. The molecule has 0 spiro atoms. The number of amides is 1. The van der Waals surface area contributed by atoms with Crippen molar-refractivity contribution in [2.75, 3.05) is 26.3 Å². The van der Waals surface area contributed by atoms with Gasteiger partial charge in [0.15, 0.2) is 11.5 Å². The summed E-state index contributed by atoms with van der Waals surface area (Å²) in [6.07, 6.45) is 3.95. The van der Waals surface area contributed by atoms with Crippen molar-refractivity contribution in [1.29, 1.82) is 0 Å². The van der Waals surface area contributed by atoms with Crippen molar-refractivity contribution in [3.05, 3.63) is 40.7 Å². The van der Waals surface area contributed by atoms with E-state index in [1.54, 1.807) is 12.3 Å². The lowest BCUT2D eigenvalue weighted by atomic mass is 9.93. The first kappa shape index (κ1) is 16.3. The molecule has 0 aliphatic carbocycles. The minimum atomic E-state index is 0.0987. The van der Waals surface area contributed by atoms with Gasteiger partial charge in [-0.1, -0.05) is 11.6 Å². The van der Waals surface area contributed by atoms with E-state index in [2.05, 4.69) is 10.2 Å². The molecule has 6 nitrogen and oxygen atoms in total. The topological polar surface area (TPSA) is 67.5 Å². The van der Waals surface area contributed by atoms with Crippen molar-refractivity contribution in [3.8, 4) is 11.5 Å². The molecule has 3 heterocycles.